The molecular formula is C20H18OSi. The molecule has 0 spiro atoms. The van der Waals surface area contributed by atoms with Crippen molar-refractivity contribution in [2.45, 2.75) is 6.92 Å². The van der Waals surface area contributed by atoms with Crippen LogP contribution in [0.2, 0.25) is 0 Å². The Morgan fingerprint density at radius 1 is 0.682 bits per heavy atom. The van der Waals surface area contributed by atoms with Gasteiger partial charge in [0.25, 0.3) is 0 Å². The Kier molecular flexibility index (Phi) is 3.41. The van der Waals surface area contributed by atoms with Crippen LogP contribution in [0.5, 0.6) is 0 Å². The Labute approximate surface area is 132 Å². The molecule has 0 amide bonds. The largest absolute Gasteiger partial charge is 0.419 e. The van der Waals surface area contributed by atoms with E-state index in [1.54, 1.807) is 0 Å². The van der Waals surface area contributed by atoms with Crippen molar-refractivity contribution >= 4 is 47.3 Å². The Morgan fingerprint density at radius 2 is 1.18 bits per heavy atom. The molecule has 4 aromatic carbocycles. The van der Waals surface area contributed by atoms with Gasteiger partial charge in [-0.1, -0.05) is 66.7 Å². The van der Waals surface area contributed by atoms with Crippen LogP contribution >= 0.6 is 0 Å². The van der Waals surface area contributed by atoms with Gasteiger partial charge >= 0.3 is 0 Å². The number of rotatable bonds is 3. The van der Waals surface area contributed by atoms with Gasteiger partial charge in [0.2, 0.25) is 0 Å². The van der Waals surface area contributed by atoms with Gasteiger partial charge in [-0.15, -0.1) is 0 Å². The fourth-order valence-corrected chi connectivity index (χ4v) is 4.55. The maximum absolute atomic E-state index is 5.83. The SMILES string of the molecule is CCO[SiH2]c1cccc2c3ccccc3c3ccccc3c12. The highest BCUT2D eigenvalue weighted by molar-refractivity contribution is 6.53. The molecule has 0 aliphatic rings. The van der Waals surface area contributed by atoms with Crippen molar-refractivity contribution in [1.82, 2.24) is 0 Å². The summed E-state index contributed by atoms with van der Waals surface area (Å²) in [5.41, 5.74) is 0. The van der Waals surface area contributed by atoms with Crippen LogP contribution in [0.15, 0.2) is 66.7 Å². The van der Waals surface area contributed by atoms with E-state index >= 15 is 0 Å². The van der Waals surface area contributed by atoms with E-state index in [1.165, 1.54) is 37.5 Å². The van der Waals surface area contributed by atoms with Crippen LogP contribution in [0, 0.1) is 0 Å². The molecule has 0 heterocycles. The minimum absolute atomic E-state index is 0.688. The Bertz CT molecular complexity index is 930. The molecule has 0 N–H and O–H groups in total. The highest BCUT2D eigenvalue weighted by atomic mass is 28.2. The third-order valence-electron chi connectivity index (χ3n) is 4.32. The predicted octanol–water partition coefficient (Wildman–Crippen LogP) is 3.89. The summed E-state index contributed by atoms with van der Waals surface area (Å²) >= 11 is 0. The normalized spacial score (nSPS) is 12.0. The van der Waals surface area contributed by atoms with Crippen LogP contribution < -0.4 is 5.19 Å². The van der Waals surface area contributed by atoms with E-state index < -0.39 is 9.76 Å². The summed E-state index contributed by atoms with van der Waals surface area (Å²) in [6.07, 6.45) is 0. The van der Waals surface area contributed by atoms with Gasteiger partial charge in [0.05, 0.1) is 0 Å². The molecule has 0 atom stereocenters. The predicted molar refractivity (Wildman–Crippen MR) is 98.8 cm³/mol. The van der Waals surface area contributed by atoms with Gasteiger partial charge in [-0.05, 0) is 44.4 Å². The van der Waals surface area contributed by atoms with Crippen molar-refractivity contribution in [1.29, 1.82) is 0 Å². The van der Waals surface area contributed by atoms with Gasteiger partial charge < -0.3 is 4.43 Å². The van der Waals surface area contributed by atoms with E-state index in [1.807, 2.05) is 0 Å². The average Bonchev–Trinajstić information content (AvgIpc) is 2.60. The van der Waals surface area contributed by atoms with E-state index in [0.29, 0.717) is 0 Å². The second-order valence-corrected chi connectivity index (χ2v) is 7.03. The molecule has 0 aromatic heterocycles. The summed E-state index contributed by atoms with van der Waals surface area (Å²) in [6, 6.07) is 24.1. The minimum Gasteiger partial charge on any atom is -0.419 e. The van der Waals surface area contributed by atoms with Gasteiger partial charge in [-0.25, -0.2) is 0 Å². The first-order valence-electron chi connectivity index (χ1n) is 7.79. The molecule has 2 heteroatoms. The molecule has 0 aliphatic heterocycles. The number of hydrogen-bond donors (Lipinski definition) is 0. The lowest BCUT2D eigenvalue weighted by atomic mass is 9.94. The summed E-state index contributed by atoms with van der Waals surface area (Å²) in [7, 11) is -0.688. The first-order chi connectivity index (χ1) is 10.9. The first kappa shape index (κ1) is 13.5. The molecule has 0 fully saturated rings. The van der Waals surface area contributed by atoms with Crippen LogP contribution in [0.25, 0.3) is 32.3 Å². The van der Waals surface area contributed by atoms with E-state index in [0.717, 1.165) is 6.61 Å². The van der Waals surface area contributed by atoms with E-state index in [-0.39, 0.29) is 0 Å². The quantitative estimate of drug-likeness (QED) is 0.412. The van der Waals surface area contributed by atoms with Crippen molar-refractivity contribution in [3.05, 3.63) is 66.7 Å². The number of benzene rings is 4. The summed E-state index contributed by atoms with van der Waals surface area (Å²) in [5, 5.41) is 9.49. The molecule has 0 unspecified atom stereocenters. The molecular weight excluding hydrogens is 284 g/mol. The first-order valence-corrected chi connectivity index (χ1v) is 9.07. The van der Waals surface area contributed by atoms with Crippen LogP contribution in [0.4, 0.5) is 0 Å². The Balaban J connectivity index is 2.22. The molecule has 0 saturated heterocycles. The maximum atomic E-state index is 5.83. The minimum atomic E-state index is -0.688. The number of hydrogen-bond acceptors (Lipinski definition) is 1. The maximum Gasteiger partial charge on any atom is 0.192 e. The van der Waals surface area contributed by atoms with Gasteiger partial charge in [-0.3, -0.25) is 0 Å². The van der Waals surface area contributed by atoms with E-state index in [9.17, 15) is 0 Å². The monoisotopic (exact) mass is 302 g/mol. The molecule has 0 radical (unpaired) electrons. The molecule has 4 rings (SSSR count). The smallest absolute Gasteiger partial charge is 0.192 e. The van der Waals surface area contributed by atoms with Crippen LogP contribution in [0.3, 0.4) is 0 Å². The lowest BCUT2D eigenvalue weighted by Gasteiger charge is -2.13. The van der Waals surface area contributed by atoms with E-state index in [2.05, 4.69) is 73.7 Å². The highest BCUT2D eigenvalue weighted by Gasteiger charge is 2.11. The van der Waals surface area contributed by atoms with Crippen LogP contribution in [-0.4, -0.2) is 16.4 Å². The van der Waals surface area contributed by atoms with Crippen molar-refractivity contribution in [2.75, 3.05) is 6.61 Å². The van der Waals surface area contributed by atoms with Crippen molar-refractivity contribution in [3.8, 4) is 0 Å². The summed E-state index contributed by atoms with van der Waals surface area (Å²) in [4.78, 5) is 0. The molecule has 0 saturated carbocycles. The zero-order chi connectivity index (χ0) is 14.9. The van der Waals surface area contributed by atoms with Crippen molar-refractivity contribution < 1.29 is 4.43 Å². The lowest BCUT2D eigenvalue weighted by molar-refractivity contribution is 0.367. The van der Waals surface area contributed by atoms with Gasteiger partial charge in [0.1, 0.15) is 0 Å². The van der Waals surface area contributed by atoms with Gasteiger partial charge in [0.15, 0.2) is 9.76 Å². The topological polar surface area (TPSA) is 9.23 Å². The van der Waals surface area contributed by atoms with Gasteiger partial charge in [-0.2, -0.15) is 0 Å². The molecule has 22 heavy (non-hydrogen) atoms. The standard InChI is InChI=1S/C20H18OSi/c1-2-21-22-19-13-7-12-18-16-9-4-3-8-14(16)15-10-5-6-11-17(15)20(18)19/h3-13H,2,22H2,1H3. The second-order valence-electron chi connectivity index (χ2n) is 5.57. The average molecular weight is 302 g/mol. The fourth-order valence-electron chi connectivity index (χ4n) is 3.36. The third-order valence-corrected chi connectivity index (χ3v) is 5.83. The summed E-state index contributed by atoms with van der Waals surface area (Å²) < 4.78 is 5.83. The van der Waals surface area contributed by atoms with Crippen LogP contribution in [-0.2, 0) is 4.43 Å². The highest BCUT2D eigenvalue weighted by Crippen LogP contribution is 2.33. The van der Waals surface area contributed by atoms with E-state index in [4.69, 9.17) is 4.43 Å². The fraction of sp³-hybridized carbons (Fsp3) is 0.100. The van der Waals surface area contributed by atoms with Crippen LogP contribution in [0.1, 0.15) is 6.92 Å². The molecule has 0 bridgehead atoms. The number of fused-ring (bicyclic) bond motifs is 6. The molecule has 108 valence electrons. The Hall–Kier alpha value is -2.16. The molecule has 1 nitrogen and oxygen atoms in total. The third kappa shape index (κ3) is 2.04. The molecule has 0 aliphatic carbocycles. The summed E-state index contributed by atoms with van der Waals surface area (Å²) in [6.45, 7) is 2.87. The lowest BCUT2D eigenvalue weighted by Crippen LogP contribution is -2.18. The summed E-state index contributed by atoms with van der Waals surface area (Å²) in [5.74, 6) is 0. The zero-order valence-electron chi connectivity index (χ0n) is 12.7. The zero-order valence-corrected chi connectivity index (χ0v) is 14.1. The molecule has 4 aromatic rings. The second kappa shape index (κ2) is 5.56. The van der Waals surface area contributed by atoms with Crippen molar-refractivity contribution in [3.63, 3.8) is 0 Å². The Morgan fingerprint density at radius 3 is 1.77 bits per heavy atom. The van der Waals surface area contributed by atoms with Gasteiger partial charge in [0, 0.05) is 6.61 Å². The van der Waals surface area contributed by atoms with Crippen molar-refractivity contribution in [2.24, 2.45) is 0 Å².